The van der Waals surface area contributed by atoms with Crippen LogP contribution in [-0.4, -0.2) is 24.2 Å². The fraction of sp³-hybridized carbons (Fsp3) is 0.500. The van der Waals surface area contributed by atoms with E-state index in [2.05, 4.69) is 4.90 Å². The maximum Gasteiger partial charge on any atom is 0.125 e. The highest BCUT2D eigenvalue weighted by Crippen LogP contribution is 2.07. The number of hydrogen-bond acceptors (Lipinski definition) is 3. The number of likely N-dealkylation sites (tertiary alicyclic amines) is 1. The lowest BCUT2D eigenvalue weighted by Gasteiger charge is -2.18. The Kier molecular flexibility index (Phi) is 5.22. The van der Waals surface area contributed by atoms with Crippen molar-refractivity contribution in [1.29, 1.82) is 0 Å². The summed E-state index contributed by atoms with van der Waals surface area (Å²) in [6, 6.07) is 5.85. The van der Waals surface area contributed by atoms with E-state index < -0.39 is 0 Å². The second-order valence-electron chi connectivity index (χ2n) is 4.04. The van der Waals surface area contributed by atoms with Crippen LogP contribution in [0.3, 0.4) is 0 Å². The second kappa shape index (κ2) is 6.45. The van der Waals surface area contributed by atoms with Crippen LogP contribution in [0.5, 0.6) is 0 Å². The summed E-state index contributed by atoms with van der Waals surface area (Å²) in [5, 5.41) is 0. The van der Waals surface area contributed by atoms with Crippen LogP contribution in [0.15, 0.2) is 24.3 Å². The molecule has 4 heteroatoms. The number of benzene rings is 1. The lowest BCUT2D eigenvalue weighted by atomic mass is 10.3. The van der Waals surface area contributed by atoms with Crippen LogP contribution in [-0.2, 0) is 0 Å². The van der Waals surface area contributed by atoms with Crippen LogP contribution in [0.4, 0.5) is 10.1 Å². The van der Waals surface area contributed by atoms with E-state index in [9.17, 15) is 4.39 Å². The van der Waals surface area contributed by atoms with Gasteiger partial charge in [0.1, 0.15) is 5.82 Å². The molecule has 1 fully saturated rings. The zero-order chi connectivity index (χ0) is 12.0. The van der Waals surface area contributed by atoms with E-state index >= 15 is 0 Å². The van der Waals surface area contributed by atoms with Gasteiger partial charge in [0.05, 0.1) is 6.17 Å². The van der Waals surface area contributed by atoms with Gasteiger partial charge >= 0.3 is 0 Å². The first-order valence-electron chi connectivity index (χ1n) is 5.60. The van der Waals surface area contributed by atoms with Gasteiger partial charge in [-0.25, -0.2) is 4.39 Å². The quantitative estimate of drug-likeness (QED) is 0.716. The number of nitrogens with two attached hydrogens (primary N) is 2. The van der Waals surface area contributed by atoms with Gasteiger partial charge in [-0.1, -0.05) is 6.07 Å². The Labute approximate surface area is 96.2 Å². The number of halogens is 1. The summed E-state index contributed by atoms with van der Waals surface area (Å²) in [5.74, 6) is -0.287. The van der Waals surface area contributed by atoms with Gasteiger partial charge in [-0.2, -0.15) is 0 Å². The van der Waals surface area contributed by atoms with Crippen molar-refractivity contribution in [2.24, 2.45) is 5.73 Å². The number of rotatable bonds is 1. The lowest BCUT2D eigenvalue weighted by Crippen LogP contribution is -2.36. The molecule has 1 saturated heterocycles. The fourth-order valence-corrected chi connectivity index (χ4v) is 1.66. The van der Waals surface area contributed by atoms with Gasteiger partial charge in [-0.3, -0.25) is 4.90 Å². The molecule has 2 rings (SSSR count). The zero-order valence-electron chi connectivity index (χ0n) is 9.70. The monoisotopic (exact) mass is 225 g/mol. The summed E-state index contributed by atoms with van der Waals surface area (Å²) < 4.78 is 12.1. The topological polar surface area (TPSA) is 55.3 Å². The summed E-state index contributed by atoms with van der Waals surface area (Å²) in [5.41, 5.74) is 11.3. The predicted molar refractivity (Wildman–Crippen MR) is 65.3 cm³/mol. The van der Waals surface area contributed by atoms with Crippen molar-refractivity contribution in [2.75, 3.05) is 18.8 Å². The van der Waals surface area contributed by atoms with Crippen LogP contribution in [0.25, 0.3) is 0 Å². The van der Waals surface area contributed by atoms with Crippen molar-refractivity contribution in [3.63, 3.8) is 0 Å². The highest BCUT2D eigenvalue weighted by Gasteiger charge is 2.13. The van der Waals surface area contributed by atoms with Gasteiger partial charge in [0.25, 0.3) is 0 Å². The highest BCUT2D eigenvalue weighted by molar-refractivity contribution is 5.36. The number of nitrogen functional groups attached to an aromatic ring is 1. The van der Waals surface area contributed by atoms with E-state index in [0.717, 1.165) is 0 Å². The largest absolute Gasteiger partial charge is 0.399 e. The summed E-state index contributed by atoms with van der Waals surface area (Å²) in [6.07, 6.45) is 2.95. The first kappa shape index (κ1) is 12.9. The van der Waals surface area contributed by atoms with E-state index in [0.29, 0.717) is 5.69 Å². The standard InChI is InChI=1S/C6H6FN.C6H14N2/c7-5-2-1-3-6(8)4-5;1-6(7)8-4-2-3-5-8/h1-4H,8H2;6H,2-5,7H2,1H3. The molecular formula is C12H20FN3. The van der Waals surface area contributed by atoms with Gasteiger partial charge in [-0.15, -0.1) is 0 Å². The smallest absolute Gasteiger partial charge is 0.125 e. The van der Waals surface area contributed by atoms with Crippen LogP contribution >= 0.6 is 0 Å². The lowest BCUT2D eigenvalue weighted by molar-refractivity contribution is 0.265. The Morgan fingerprint density at radius 1 is 1.31 bits per heavy atom. The van der Waals surface area contributed by atoms with E-state index in [-0.39, 0.29) is 12.0 Å². The number of hydrogen-bond donors (Lipinski definition) is 2. The van der Waals surface area contributed by atoms with Gasteiger partial charge in [-0.05, 0) is 51.1 Å². The molecule has 1 aliphatic heterocycles. The third-order valence-electron chi connectivity index (χ3n) is 2.57. The highest BCUT2D eigenvalue weighted by atomic mass is 19.1. The molecule has 0 amide bonds. The molecule has 0 saturated carbocycles. The van der Waals surface area contributed by atoms with Gasteiger partial charge in [0.15, 0.2) is 0 Å². The molecule has 1 aromatic rings. The average molecular weight is 225 g/mol. The molecule has 0 aromatic heterocycles. The summed E-state index contributed by atoms with van der Waals surface area (Å²) in [4.78, 5) is 2.31. The van der Waals surface area contributed by atoms with Gasteiger partial charge < -0.3 is 11.5 Å². The average Bonchev–Trinajstić information content (AvgIpc) is 2.70. The van der Waals surface area contributed by atoms with Crippen LogP contribution in [0, 0.1) is 5.82 Å². The first-order chi connectivity index (χ1) is 7.59. The van der Waals surface area contributed by atoms with Crippen molar-refractivity contribution in [2.45, 2.75) is 25.9 Å². The summed E-state index contributed by atoms with van der Waals surface area (Å²) in [6.45, 7) is 4.46. The molecule has 1 aromatic carbocycles. The van der Waals surface area contributed by atoms with E-state index in [4.69, 9.17) is 11.5 Å². The summed E-state index contributed by atoms with van der Waals surface area (Å²) in [7, 11) is 0. The van der Waals surface area contributed by atoms with Crippen molar-refractivity contribution in [3.8, 4) is 0 Å². The van der Waals surface area contributed by atoms with Crippen molar-refractivity contribution < 1.29 is 4.39 Å². The first-order valence-corrected chi connectivity index (χ1v) is 5.60. The van der Waals surface area contributed by atoms with Crippen molar-refractivity contribution >= 4 is 5.69 Å². The molecule has 1 atom stereocenters. The molecule has 16 heavy (non-hydrogen) atoms. The Morgan fingerprint density at radius 3 is 2.25 bits per heavy atom. The van der Waals surface area contributed by atoms with Gasteiger partial charge in [0, 0.05) is 5.69 Å². The molecule has 1 heterocycles. The predicted octanol–water partition coefficient (Wildman–Crippen LogP) is 1.79. The fourth-order valence-electron chi connectivity index (χ4n) is 1.66. The molecule has 90 valence electrons. The minimum atomic E-state index is -0.287. The Bertz CT molecular complexity index is 292. The molecule has 0 aliphatic carbocycles. The molecule has 4 N–H and O–H groups in total. The van der Waals surface area contributed by atoms with Crippen LogP contribution in [0.2, 0.25) is 0 Å². The zero-order valence-corrected chi connectivity index (χ0v) is 9.70. The van der Waals surface area contributed by atoms with Crippen LogP contribution < -0.4 is 11.5 Å². The minimum Gasteiger partial charge on any atom is -0.399 e. The maximum absolute atomic E-state index is 12.1. The number of nitrogens with zero attached hydrogens (tertiary/aromatic N) is 1. The van der Waals surface area contributed by atoms with Crippen LogP contribution in [0.1, 0.15) is 19.8 Å². The molecule has 3 nitrogen and oxygen atoms in total. The third-order valence-corrected chi connectivity index (χ3v) is 2.57. The minimum absolute atomic E-state index is 0.275. The molecular weight excluding hydrogens is 205 g/mol. The molecule has 0 spiro atoms. The van der Waals surface area contributed by atoms with Crippen molar-refractivity contribution in [3.05, 3.63) is 30.1 Å². The van der Waals surface area contributed by atoms with E-state index in [1.54, 1.807) is 12.1 Å². The Hall–Kier alpha value is -1.13. The second-order valence-corrected chi connectivity index (χ2v) is 4.04. The summed E-state index contributed by atoms with van der Waals surface area (Å²) >= 11 is 0. The van der Waals surface area contributed by atoms with E-state index in [1.165, 1.54) is 38.1 Å². The van der Waals surface area contributed by atoms with E-state index in [1.807, 2.05) is 6.92 Å². The normalized spacial score (nSPS) is 17.7. The van der Waals surface area contributed by atoms with Gasteiger partial charge in [0.2, 0.25) is 0 Å². The molecule has 1 aliphatic rings. The molecule has 0 bridgehead atoms. The Morgan fingerprint density at radius 2 is 1.94 bits per heavy atom. The Balaban J connectivity index is 0.000000160. The number of anilines is 1. The van der Waals surface area contributed by atoms with Crippen molar-refractivity contribution in [1.82, 2.24) is 4.90 Å². The molecule has 1 unspecified atom stereocenters. The maximum atomic E-state index is 12.1. The third kappa shape index (κ3) is 4.59. The molecule has 0 radical (unpaired) electrons. The SMILES string of the molecule is CC(N)N1CCCC1.Nc1cccc(F)c1.